The number of amides is 2. The highest BCUT2D eigenvalue weighted by Crippen LogP contribution is 2.12. The van der Waals surface area contributed by atoms with Gasteiger partial charge in [0.2, 0.25) is 5.78 Å². The Morgan fingerprint density at radius 2 is 1.67 bits per heavy atom. The number of carbonyl (C=O) groups is 4. The maximum absolute atomic E-state index is 12.1. The molecule has 2 aromatic carbocycles. The Bertz CT molecular complexity index is 992. The van der Waals surface area contributed by atoms with Gasteiger partial charge in [-0.1, -0.05) is 30.3 Å². The number of aliphatic carboxylic acids is 1. The second-order valence-corrected chi connectivity index (χ2v) is 6.98. The van der Waals surface area contributed by atoms with Gasteiger partial charge in [0.1, 0.15) is 12.6 Å². The number of unbranched alkanes of at least 4 members (excludes halogenated alkanes) is 1. The van der Waals surface area contributed by atoms with E-state index in [2.05, 4.69) is 10.6 Å². The maximum Gasteiger partial charge on any atom is 0.408 e. The molecule has 3 N–H and O–H groups in total. The van der Waals surface area contributed by atoms with Gasteiger partial charge in [0.15, 0.2) is 0 Å². The van der Waals surface area contributed by atoms with Crippen LogP contribution < -0.4 is 10.6 Å². The number of ether oxygens (including phenoxy) is 1. The molecular formula is C22H23N3O8. The lowest BCUT2D eigenvalue weighted by Crippen LogP contribution is -2.41. The average molecular weight is 457 g/mol. The summed E-state index contributed by atoms with van der Waals surface area (Å²) in [5.74, 6) is -2.93. The lowest BCUT2D eigenvalue weighted by Gasteiger charge is -2.14. The van der Waals surface area contributed by atoms with Crippen molar-refractivity contribution < 1.29 is 33.9 Å². The van der Waals surface area contributed by atoms with E-state index in [0.29, 0.717) is 12.8 Å². The highest BCUT2D eigenvalue weighted by molar-refractivity contribution is 6.42. The third-order valence-corrected chi connectivity index (χ3v) is 4.55. The van der Waals surface area contributed by atoms with Crippen molar-refractivity contribution in [1.82, 2.24) is 10.6 Å². The van der Waals surface area contributed by atoms with Crippen molar-refractivity contribution in [2.45, 2.75) is 31.9 Å². The van der Waals surface area contributed by atoms with E-state index in [-0.39, 0.29) is 30.8 Å². The van der Waals surface area contributed by atoms with Crippen molar-refractivity contribution in [1.29, 1.82) is 0 Å². The number of ketones is 1. The molecule has 0 bridgehead atoms. The smallest absolute Gasteiger partial charge is 0.408 e. The fourth-order valence-electron chi connectivity index (χ4n) is 2.79. The second-order valence-electron chi connectivity index (χ2n) is 6.98. The number of Topliss-reactive ketones (excluding diaryl/α,β-unsaturated/α-hetero) is 1. The van der Waals surface area contributed by atoms with Gasteiger partial charge >= 0.3 is 12.1 Å². The zero-order chi connectivity index (χ0) is 24.2. The van der Waals surface area contributed by atoms with Gasteiger partial charge in [0.25, 0.3) is 11.6 Å². The second kappa shape index (κ2) is 12.5. The van der Waals surface area contributed by atoms with Crippen LogP contribution in [0.5, 0.6) is 0 Å². The van der Waals surface area contributed by atoms with Crippen molar-refractivity contribution in [2.24, 2.45) is 0 Å². The van der Waals surface area contributed by atoms with Crippen LogP contribution in [-0.2, 0) is 20.9 Å². The molecule has 2 amide bonds. The molecule has 174 valence electrons. The van der Waals surface area contributed by atoms with Crippen LogP contribution in [0, 0.1) is 10.1 Å². The van der Waals surface area contributed by atoms with Crippen LogP contribution in [-0.4, -0.2) is 46.4 Å². The summed E-state index contributed by atoms with van der Waals surface area (Å²) in [6.45, 7) is 0.121. The molecule has 0 aliphatic heterocycles. The Balaban J connectivity index is 1.69. The number of nitro benzene ring substituents is 1. The highest BCUT2D eigenvalue weighted by Gasteiger charge is 2.21. The van der Waals surface area contributed by atoms with E-state index < -0.39 is 34.7 Å². The Morgan fingerprint density at radius 1 is 1.00 bits per heavy atom. The molecule has 0 radical (unpaired) electrons. The van der Waals surface area contributed by atoms with E-state index in [0.717, 1.165) is 17.7 Å². The number of hydrogen-bond acceptors (Lipinski definition) is 7. The van der Waals surface area contributed by atoms with Gasteiger partial charge in [-0.25, -0.2) is 9.59 Å². The first-order valence-electron chi connectivity index (χ1n) is 10.0. The third-order valence-electron chi connectivity index (χ3n) is 4.55. The molecule has 0 heterocycles. The molecule has 0 aliphatic rings. The molecule has 11 heteroatoms. The fraction of sp³-hybridized carbons (Fsp3) is 0.273. The number of benzene rings is 2. The van der Waals surface area contributed by atoms with E-state index in [4.69, 9.17) is 4.74 Å². The number of alkyl carbamates (subject to hydrolysis) is 1. The van der Waals surface area contributed by atoms with Gasteiger partial charge in [-0.15, -0.1) is 0 Å². The SMILES string of the molecule is O=C(N[C@@H](CCCCNC(=O)C(=O)c1ccc([N+](=O)[O-])cc1)C(=O)O)OCc1ccccc1. The molecule has 0 spiro atoms. The predicted octanol–water partition coefficient (Wildman–Crippen LogP) is 2.44. The number of carboxylic acids is 1. The first kappa shape index (κ1) is 25.0. The van der Waals surface area contributed by atoms with Gasteiger partial charge in [-0.3, -0.25) is 19.7 Å². The van der Waals surface area contributed by atoms with E-state index in [9.17, 15) is 34.4 Å². The number of carboxylic acid groups (broad SMARTS) is 1. The summed E-state index contributed by atoms with van der Waals surface area (Å²) in [6.07, 6.45) is -0.0403. The summed E-state index contributed by atoms with van der Waals surface area (Å²) in [7, 11) is 0. The molecule has 1 atom stereocenters. The Hall–Kier alpha value is -4.28. The molecule has 0 fully saturated rings. The van der Waals surface area contributed by atoms with Gasteiger partial charge in [-0.2, -0.15) is 0 Å². The van der Waals surface area contributed by atoms with Crippen LogP contribution in [0.2, 0.25) is 0 Å². The number of rotatable bonds is 12. The van der Waals surface area contributed by atoms with Crippen LogP contribution >= 0.6 is 0 Å². The minimum atomic E-state index is -1.22. The number of nitrogens with zero attached hydrogens (tertiary/aromatic N) is 1. The number of carbonyl (C=O) groups excluding carboxylic acids is 3. The van der Waals surface area contributed by atoms with Gasteiger partial charge < -0.3 is 20.5 Å². The summed E-state index contributed by atoms with van der Waals surface area (Å²) >= 11 is 0. The Morgan fingerprint density at radius 3 is 2.27 bits per heavy atom. The van der Waals surface area contributed by atoms with Crippen molar-refractivity contribution in [3.8, 4) is 0 Å². The zero-order valence-electron chi connectivity index (χ0n) is 17.6. The molecule has 2 rings (SSSR count). The van der Waals surface area contributed by atoms with Crippen LogP contribution in [0.25, 0.3) is 0 Å². The van der Waals surface area contributed by atoms with Crippen molar-refractivity contribution in [3.63, 3.8) is 0 Å². The molecule has 0 saturated heterocycles. The minimum Gasteiger partial charge on any atom is -0.480 e. The largest absolute Gasteiger partial charge is 0.480 e. The molecule has 11 nitrogen and oxygen atoms in total. The summed E-state index contributed by atoms with van der Waals surface area (Å²) in [5, 5.41) is 24.6. The topological polar surface area (TPSA) is 165 Å². The van der Waals surface area contributed by atoms with E-state index in [1.807, 2.05) is 6.07 Å². The molecule has 0 aliphatic carbocycles. The average Bonchev–Trinajstić information content (AvgIpc) is 2.81. The van der Waals surface area contributed by atoms with Gasteiger partial charge in [0, 0.05) is 24.2 Å². The Labute approximate surface area is 188 Å². The number of nitro groups is 1. The monoisotopic (exact) mass is 457 g/mol. The lowest BCUT2D eigenvalue weighted by atomic mass is 10.1. The minimum absolute atomic E-state index is 0.00777. The standard InChI is InChI=1S/C22H23N3O8/c26-19(16-9-11-17(12-10-16)25(31)32)20(27)23-13-5-4-8-18(21(28)29)24-22(30)33-14-15-6-2-1-3-7-15/h1-3,6-7,9-12,18H,4-5,8,13-14H2,(H,23,27)(H,24,30)(H,28,29)/t18-/m0/s1. The normalized spacial score (nSPS) is 11.2. The predicted molar refractivity (Wildman–Crippen MR) is 115 cm³/mol. The molecule has 0 unspecified atom stereocenters. The van der Waals surface area contributed by atoms with E-state index in [1.54, 1.807) is 24.3 Å². The molecule has 0 saturated carbocycles. The van der Waals surface area contributed by atoms with Gasteiger partial charge in [0.05, 0.1) is 4.92 Å². The van der Waals surface area contributed by atoms with Crippen LogP contribution in [0.15, 0.2) is 54.6 Å². The molecular weight excluding hydrogens is 434 g/mol. The summed E-state index contributed by atoms with van der Waals surface area (Å²) in [4.78, 5) is 57.2. The first-order valence-corrected chi connectivity index (χ1v) is 10.0. The van der Waals surface area contributed by atoms with E-state index >= 15 is 0 Å². The van der Waals surface area contributed by atoms with Crippen molar-refractivity contribution in [3.05, 3.63) is 75.8 Å². The third kappa shape index (κ3) is 8.40. The number of non-ortho nitro benzene ring substituents is 1. The Kier molecular flexibility index (Phi) is 9.50. The molecule has 2 aromatic rings. The molecule has 33 heavy (non-hydrogen) atoms. The number of hydrogen-bond donors (Lipinski definition) is 3. The summed E-state index contributed by atoms with van der Waals surface area (Å²) < 4.78 is 5.01. The maximum atomic E-state index is 12.1. The summed E-state index contributed by atoms with van der Waals surface area (Å²) in [6, 6.07) is 12.4. The quantitative estimate of drug-likeness (QED) is 0.144. The fourth-order valence-corrected chi connectivity index (χ4v) is 2.79. The van der Waals surface area contributed by atoms with E-state index in [1.165, 1.54) is 12.1 Å². The highest BCUT2D eigenvalue weighted by atomic mass is 16.6. The van der Waals surface area contributed by atoms with Crippen molar-refractivity contribution in [2.75, 3.05) is 6.54 Å². The van der Waals surface area contributed by atoms with Crippen LogP contribution in [0.1, 0.15) is 35.2 Å². The lowest BCUT2D eigenvalue weighted by molar-refractivity contribution is -0.384. The van der Waals surface area contributed by atoms with Gasteiger partial charge in [-0.05, 0) is 37.0 Å². The van der Waals surface area contributed by atoms with Crippen molar-refractivity contribution >= 4 is 29.4 Å². The zero-order valence-corrected chi connectivity index (χ0v) is 17.6. The number of nitrogens with one attached hydrogen (secondary N) is 2. The first-order chi connectivity index (χ1) is 15.8. The van der Waals surface area contributed by atoms with Crippen LogP contribution in [0.4, 0.5) is 10.5 Å². The summed E-state index contributed by atoms with van der Waals surface area (Å²) in [5.41, 5.74) is 0.582. The molecule has 0 aromatic heterocycles. The van der Waals surface area contributed by atoms with Crippen LogP contribution in [0.3, 0.4) is 0 Å².